The van der Waals surface area contributed by atoms with Crippen molar-refractivity contribution >= 4 is 11.9 Å². The molecule has 0 unspecified atom stereocenters. The molecule has 0 atom stereocenters. The molecule has 0 saturated carbocycles. The fourth-order valence-corrected chi connectivity index (χ4v) is 2.94. The van der Waals surface area contributed by atoms with Crippen LogP contribution in [0.4, 0.5) is 0 Å². The minimum atomic E-state index is -0.777. The summed E-state index contributed by atoms with van der Waals surface area (Å²) in [5.41, 5.74) is 5.37. The predicted octanol–water partition coefficient (Wildman–Crippen LogP) is -1.18. The van der Waals surface area contributed by atoms with Crippen LogP contribution in [0, 0.1) is 0 Å². The second kappa shape index (κ2) is 11.4. The monoisotopic (exact) mass is 343 g/mol. The molecule has 140 valence electrons. The molecule has 0 aromatic carbocycles. The van der Waals surface area contributed by atoms with Gasteiger partial charge in [-0.15, -0.1) is 0 Å². The van der Waals surface area contributed by atoms with Gasteiger partial charge in [0.15, 0.2) is 0 Å². The Bertz CT molecular complexity index is 342. The number of hydrogen-bond acceptors (Lipinski definition) is 6. The third-order valence-corrected chi connectivity index (χ3v) is 4.56. The maximum Gasteiger partial charge on any atom is 0.317 e. The van der Waals surface area contributed by atoms with Gasteiger partial charge in [-0.05, 0) is 13.1 Å². The standard InChI is InChI=1S/C16H33N5O3/c1-3-18-5-9-20(13-15(17)22)10-6-19(4-2)8-12-21(11-7-18)14-16(23)24/h3-14H2,1-2H3,(H2,17,22)(H,23,24). The molecule has 24 heavy (non-hydrogen) atoms. The van der Waals surface area contributed by atoms with Crippen molar-refractivity contribution in [2.75, 3.05) is 78.5 Å². The van der Waals surface area contributed by atoms with Crippen LogP contribution < -0.4 is 5.73 Å². The summed E-state index contributed by atoms with van der Waals surface area (Å²) >= 11 is 0. The van der Waals surface area contributed by atoms with Crippen molar-refractivity contribution in [1.82, 2.24) is 19.6 Å². The van der Waals surface area contributed by atoms with E-state index in [2.05, 4.69) is 28.5 Å². The first-order chi connectivity index (χ1) is 11.4. The SMILES string of the molecule is CCN1CCN(CC(N)=O)CCN(CC)CCN(CC(=O)O)CC1. The predicted molar refractivity (Wildman–Crippen MR) is 93.9 cm³/mol. The molecule has 1 fully saturated rings. The first kappa shape index (κ1) is 20.8. The quantitative estimate of drug-likeness (QED) is 0.627. The summed E-state index contributed by atoms with van der Waals surface area (Å²) in [7, 11) is 0. The third-order valence-electron chi connectivity index (χ3n) is 4.56. The van der Waals surface area contributed by atoms with Crippen molar-refractivity contribution in [2.45, 2.75) is 13.8 Å². The van der Waals surface area contributed by atoms with Crippen LogP contribution in [-0.4, -0.2) is 115 Å². The Morgan fingerprint density at radius 1 is 0.750 bits per heavy atom. The van der Waals surface area contributed by atoms with Crippen LogP contribution in [-0.2, 0) is 9.59 Å². The summed E-state index contributed by atoms with van der Waals surface area (Å²) in [4.78, 5) is 31.1. The molecule has 0 radical (unpaired) electrons. The van der Waals surface area contributed by atoms with Gasteiger partial charge in [-0.2, -0.15) is 0 Å². The highest BCUT2D eigenvalue weighted by Gasteiger charge is 2.17. The van der Waals surface area contributed by atoms with E-state index in [0.717, 1.165) is 65.4 Å². The van der Waals surface area contributed by atoms with E-state index in [1.807, 2.05) is 4.90 Å². The molecule has 0 spiro atoms. The Balaban J connectivity index is 2.72. The molecule has 1 saturated heterocycles. The second-order valence-electron chi connectivity index (χ2n) is 6.28. The summed E-state index contributed by atoms with van der Waals surface area (Å²) < 4.78 is 0. The van der Waals surface area contributed by atoms with E-state index in [9.17, 15) is 9.59 Å². The third kappa shape index (κ3) is 8.58. The first-order valence-corrected chi connectivity index (χ1v) is 8.84. The normalized spacial score (nSPS) is 21.1. The molecule has 0 bridgehead atoms. The van der Waals surface area contributed by atoms with Crippen LogP contribution in [0.2, 0.25) is 0 Å². The fraction of sp³-hybridized carbons (Fsp3) is 0.875. The highest BCUT2D eigenvalue weighted by atomic mass is 16.4. The average Bonchev–Trinajstić information content (AvgIpc) is 2.51. The van der Waals surface area contributed by atoms with Gasteiger partial charge in [-0.3, -0.25) is 19.4 Å². The number of carboxylic acids is 1. The number of nitrogens with zero attached hydrogens (tertiary/aromatic N) is 4. The minimum absolute atomic E-state index is 0.0862. The van der Waals surface area contributed by atoms with E-state index >= 15 is 0 Å². The van der Waals surface area contributed by atoms with Gasteiger partial charge in [0.05, 0.1) is 13.1 Å². The van der Waals surface area contributed by atoms with Gasteiger partial charge in [0.1, 0.15) is 0 Å². The van der Waals surface area contributed by atoms with Crippen molar-refractivity contribution in [1.29, 1.82) is 0 Å². The zero-order valence-corrected chi connectivity index (χ0v) is 15.1. The molecule has 1 rings (SSSR count). The van der Waals surface area contributed by atoms with Crippen molar-refractivity contribution in [3.63, 3.8) is 0 Å². The summed E-state index contributed by atoms with van der Waals surface area (Å²) in [5.74, 6) is -1.07. The van der Waals surface area contributed by atoms with Gasteiger partial charge in [-0.25, -0.2) is 0 Å². The van der Waals surface area contributed by atoms with Crippen LogP contribution in [0.3, 0.4) is 0 Å². The summed E-state index contributed by atoms with van der Waals surface area (Å²) in [6, 6.07) is 0. The van der Waals surface area contributed by atoms with E-state index in [0.29, 0.717) is 6.54 Å². The zero-order chi connectivity index (χ0) is 17.9. The molecule has 0 aromatic rings. The highest BCUT2D eigenvalue weighted by Crippen LogP contribution is 2.00. The molecular formula is C16H33N5O3. The number of likely N-dealkylation sites (N-methyl/N-ethyl adjacent to an activating group) is 2. The summed E-state index contributed by atoms with van der Waals surface area (Å²) in [6.45, 7) is 12.9. The number of aliphatic carboxylic acids is 1. The number of primary amides is 1. The highest BCUT2D eigenvalue weighted by molar-refractivity contribution is 5.75. The van der Waals surface area contributed by atoms with E-state index in [1.165, 1.54) is 0 Å². The number of carbonyl (C=O) groups is 2. The number of carbonyl (C=O) groups excluding carboxylic acids is 1. The van der Waals surface area contributed by atoms with Gasteiger partial charge < -0.3 is 20.6 Å². The molecule has 8 heteroatoms. The topological polar surface area (TPSA) is 93.4 Å². The maximum atomic E-state index is 11.3. The van der Waals surface area contributed by atoms with Crippen LogP contribution >= 0.6 is 0 Å². The largest absolute Gasteiger partial charge is 0.480 e. The average molecular weight is 343 g/mol. The molecule has 3 N–H and O–H groups in total. The number of nitrogens with two attached hydrogens (primary N) is 1. The van der Waals surface area contributed by atoms with Crippen molar-refractivity contribution in [3.8, 4) is 0 Å². The molecule has 1 amide bonds. The molecular weight excluding hydrogens is 310 g/mol. The van der Waals surface area contributed by atoms with Crippen LogP contribution in [0.5, 0.6) is 0 Å². The van der Waals surface area contributed by atoms with Gasteiger partial charge in [0.25, 0.3) is 0 Å². The fourth-order valence-electron chi connectivity index (χ4n) is 2.94. The van der Waals surface area contributed by atoms with Crippen molar-refractivity contribution in [3.05, 3.63) is 0 Å². The van der Waals surface area contributed by atoms with Crippen molar-refractivity contribution < 1.29 is 14.7 Å². The van der Waals surface area contributed by atoms with Gasteiger partial charge in [0, 0.05) is 52.4 Å². The van der Waals surface area contributed by atoms with Crippen LogP contribution in [0.25, 0.3) is 0 Å². The number of rotatable bonds is 6. The number of hydrogen-bond donors (Lipinski definition) is 2. The summed E-state index contributed by atoms with van der Waals surface area (Å²) in [5, 5.41) is 9.10. The lowest BCUT2D eigenvalue weighted by atomic mass is 10.3. The van der Waals surface area contributed by atoms with E-state index in [-0.39, 0.29) is 12.5 Å². The maximum absolute atomic E-state index is 11.3. The zero-order valence-electron chi connectivity index (χ0n) is 15.1. The van der Waals surface area contributed by atoms with Gasteiger partial charge in [-0.1, -0.05) is 13.8 Å². The Labute approximate surface area is 145 Å². The van der Waals surface area contributed by atoms with Gasteiger partial charge in [0.2, 0.25) is 5.91 Å². The Kier molecular flexibility index (Phi) is 9.85. The van der Waals surface area contributed by atoms with Crippen LogP contribution in [0.15, 0.2) is 0 Å². The number of amides is 1. The van der Waals surface area contributed by atoms with E-state index in [4.69, 9.17) is 10.8 Å². The first-order valence-electron chi connectivity index (χ1n) is 8.84. The lowest BCUT2D eigenvalue weighted by Gasteiger charge is -2.32. The van der Waals surface area contributed by atoms with Crippen LogP contribution in [0.1, 0.15) is 13.8 Å². The van der Waals surface area contributed by atoms with Crippen molar-refractivity contribution in [2.24, 2.45) is 5.73 Å². The molecule has 1 aliphatic rings. The Morgan fingerprint density at radius 2 is 1.08 bits per heavy atom. The molecule has 0 aromatic heterocycles. The minimum Gasteiger partial charge on any atom is -0.480 e. The summed E-state index contributed by atoms with van der Waals surface area (Å²) in [6.07, 6.45) is 0. The lowest BCUT2D eigenvalue weighted by Crippen LogP contribution is -2.48. The van der Waals surface area contributed by atoms with E-state index < -0.39 is 5.97 Å². The van der Waals surface area contributed by atoms with Gasteiger partial charge >= 0.3 is 5.97 Å². The Morgan fingerprint density at radius 3 is 1.38 bits per heavy atom. The smallest absolute Gasteiger partial charge is 0.317 e. The molecule has 1 aliphatic heterocycles. The lowest BCUT2D eigenvalue weighted by molar-refractivity contribution is -0.138. The molecule has 0 aliphatic carbocycles. The number of carboxylic acid groups (broad SMARTS) is 1. The molecule has 1 heterocycles. The molecule has 8 nitrogen and oxygen atoms in total. The van der Waals surface area contributed by atoms with E-state index in [1.54, 1.807) is 0 Å². The second-order valence-corrected chi connectivity index (χ2v) is 6.28. The Hall–Kier alpha value is -1.22.